The number of carbonyl (C=O) groups is 1. The van der Waals surface area contributed by atoms with Gasteiger partial charge < -0.3 is 5.32 Å². The molecule has 1 heterocycles. The van der Waals surface area contributed by atoms with Crippen LogP contribution >= 0.6 is 39.0 Å². The predicted octanol–water partition coefficient (Wildman–Crippen LogP) is 5.69. The number of nitrogens with one attached hydrogen (secondary N) is 1. The van der Waals surface area contributed by atoms with Gasteiger partial charge in [0, 0.05) is 26.2 Å². The van der Waals surface area contributed by atoms with Gasteiger partial charge in [0.15, 0.2) is 0 Å². The molecule has 1 amide bonds. The maximum atomic E-state index is 12.1. The largest absolute Gasteiger partial charge is 0.326 e. The van der Waals surface area contributed by atoms with Crippen molar-refractivity contribution in [1.82, 2.24) is 4.98 Å². The first-order valence-electron chi connectivity index (χ1n) is 7.77. The average Bonchev–Trinajstić information content (AvgIpc) is 3.03. The lowest BCUT2D eigenvalue weighted by molar-refractivity contribution is -0.115. The Kier molecular flexibility index (Phi) is 6.29. The maximum Gasteiger partial charge on any atom is 0.231 e. The molecule has 1 aromatic heterocycles. The summed E-state index contributed by atoms with van der Waals surface area (Å²) in [5.41, 5.74) is 2.99. The minimum absolute atomic E-state index is 0.0387. The Morgan fingerprint density at radius 1 is 1.20 bits per heavy atom. The SMILES string of the molecule is Cc1ccc(NC(=O)Cc2nc(CSc3ccccc3Br)cs2)cc1. The Bertz CT molecular complexity index is 862. The minimum atomic E-state index is -0.0387. The summed E-state index contributed by atoms with van der Waals surface area (Å²) in [7, 11) is 0. The molecule has 0 saturated carbocycles. The molecule has 0 aliphatic rings. The second-order valence-electron chi connectivity index (χ2n) is 5.54. The highest BCUT2D eigenvalue weighted by Crippen LogP contribution is 2.30. The summed E-state index contributed by atoms with van der Waals surface area (Å²) in [5, 5.41) is 5.77. The van der Waals surface area contributed by atoms with Crippen molar-refractivity contribution in [3.63, 3.8) is 0 Å². The smallest absolute Gasteiger partial charge is 0.231 e. The first-order chi connectivity index (χ1) is 12.1. The van der Waals surface area contributed by atoms with Crippen molar-refractivity contribution >= 4 is 50.6 Å². The van der Waals surface area contributed by atoms with Crippen molar-refractivity contribution in [2.75, 3.05) is 5.32 Å². The summed E-state index contributed by atoms with van der Waals surface area (Å²) >= 11 is 6.82. The molecule has 6 heteroatoms. The number of aryl methyl sites for hydroxylation is 1. The van der Waals surface area contributed by atoms with Gasteiger partial charge in [0.1, 0.15) is 5.01 Å². The van der Waals surface area contributed by atoms with Crippen molar-refractivity contribution in [2.24, 2.45) is 0 Å². The Labute approximate surface area is 164 Å². The van der Waals surface area contributed by atoms with E-state index in [1.54, 1.807) is 11.8 Å². The molecule has 0 atom stereocenters. The highest BCUT2D eigenvalue weighted by atomic mass is 79.9. The van der Waals surface area contributed by atoms with Crippen LogP contribution in [-0.2, 0) is 17.0 Å². The number of anilines is 1. The van der Waals surface area contributed by atoms with Gasteiger partial charge in [-0.1, -0.05) is 29.8 Å². The van der Waals surface area contributed by atoms with Crippen molar-refractivity contribution in [2.45, 2.75) is 24.0 Å². The first kappa shape index (κ1) is 18.2. The van der Waals surface area contributed by atoms with Gasteiger partial charge in [0.25, 0.3) is 0 Å². The third-order valence-electron chi connectivity index (χ3n) is 3.46. The van der Waals surface area contributed by atoms with Crippen LogP contribution in [0, 0.1) is 6.92 Å². The van der Waals surface area contributed by atoms with E-state index in [1.165, 1.54) is 21.8 Å². The van der Waals surface area contributed by atoms with Crippen LogP contribution in [0.2, 0.25) is 0 Å². The molecule has 128 valence electrons. The molecule has 3 aromatic rings. The van der Waals surface area contributed by atoms with E-state index < -0.39 is 0 Å². The molecule has 0 unspecified atom stereocenters. The van der Waals surface area contributed by atoms with E-state index in [4.69, 9.17) is 0 Å². The van der Waals surface area contributed by atoms with Gasteiger partial charge >= 0.3 is 0 Å². The van der Waals surface area contributed by atoms with E-state index >= 15 is 0 Å². The zero-order chi connectivity index (χ0) is 17.6. The summed E-state index contributed by atoms with van der Waals surface area (Å²) in [6.45, 7) is 2.02. The molecule has 25 heavy (non-hydrogen) atoms. The minimum Gasteiger partial charge on any atom is -0.326 e. The van der Waals surface area contributed by atoms with Gasteiger partial charge in [0.05, 0.1) is 12.1 Å². The molecule has 0 bridgehead atoms. The van der Waals surface area contributed by atoms with E-state index in [2.05, 4.69) is 32.3 Å². The van der Waals surface area contributed by atoms with Crippen molar-refractivity contribution in [3.8, 4) is 0 Å². The number of hydrogen-bond donors (Lipinski definition) is 1. The predicted molar refractivity (Wildman–Crippen MR) is 109 cm³/mol. The van der Waals surface area contributed by atoms with Gasteiger partial charge in [-0.2, -0.15) is 0 Å². The molecule has 1 N–H and O–H groups in total. The van der Waals surface area contributed by atoms with E-state index in [0.29, 0.717) is 6.42 Å². The molecule has 0 spiro atoms. The fourth-order valence-corrected chi connectivity index (χ4v) is 4.55. The van der Waals surface area contributed by atoms with Gasteiger partial charge in [-0.25, -0.2) is 4.98 Å². The van der Waals surface area contributed by atoms with E-state index in [1.807, 2.05) is 54.8 Å². The number of aromatic nitrogens is 1. The van der Waals surface area contributed by atoms with Crippen molar-refractivity contribution in [3.05, 3.63) is 74.6 Å². The van der Waals surface area contributed by atoms with Crippen LogP contribution < -0.4 is 5.32 Å². The van der Waals surface area contributed by atoms with Crippen LogP contribution in [0.3, 0.4) is 0 Å². The summed E-state index contributed by atoms with van der Waals surface area (Å²) in [6, 6.07) is 15.9. The Morgan fingerprint density at radius 2 is 1.96 bits per heavy atom. The number of rotatable bonds is 6. The van der Waals surface area contributed by atoms with E-state index in [0.717, 1.165) is 26.6 Å². The van der Waals surface area contributed by atoms with Crippen LogP contribution in [0.1, 0.15) is 16.3 Å². The van der Waals surface area contributed by atoms with Crippen molar-refractivity contribution < 1.29 is 4.79 Å². The van der Waals surface area contributed by atoms with Gasteiger partial charge in [-0.05, 0) is 47.1 Å². The lowest BCUT2D eigenvalue weighted by atomic mass is 10.2. The zero-order valence-corrected chi connectivity index (χ0v) is 16.9. The lowest BCUT2D eigenvalue weighted by Crippen LogP contribution is -2.14. The monoisotopic (exact) mass is 432 g/mol. The maximum absolute atomic E-state index is 12.1. The summed E-state index contributed by atoms with van der Waals surface area (Å²) < 4.78 is 1.09. The highest BCUT2D eigenvalue weighted by molar-refractivity contribution is 9.10. The van der Waals surface area contributed by atoms with Crippen LogP contribution in [0.15, 0.2) is 63.3 Å². The van der Waals surface area contributed by atoms with Gasteiger partial charge in [-0.15, -0.1) is 23.1 Å². The standard InChI is InChI=1S/C19H17BrN2OS2/c1-13-6-8-14(9-7-13)21-18(23)10-19-22-15(12-25-19)11-24-17-5-3-2-4-16(17)20/h2-9,12H,10-11H2,1H3,(H,21,23). The third-order valence-corrected chi connectivity index (χ3v) is 6.42. The van der Waals surface area contributed by atoms with Crippen LogP contribution in [-0.4, -0.2) is 10.9 Å². The molecular weight excluding hydrogens is 416 g/mol. The highest BCUT2D eigenvalue weighted by Gasteiger charge is 2.09. The van der Waals surface area contributed by atoms with E-state index in [-0.39, 0.29) is 5.91 Å². The quantitative estimate of drug-likeness (QED) is 0.508. The molecule has 0 aliphatic carbocycles. The fourth-order valence-electron chi connectivity index (χ4n) is 2.19. The second kappa shape index (κ2) is 8.65. The van der Waals surface area contributed by atoms with Crippen LogP contribution in [0.5, 0.6) is 0 Å². The Hall–Kier alpha value is -1.63. The summed E-state index contributed by atoms with van der Waals surface area (Å²) in [6.07, 6.45) is 0.304. The van der Waals surface area contributed by atoms with Gasteiger partial charge in [-0.3, -0.25) is 4.79 Å². The molecule has 0 fully saturated rings. The number of halogens is 1. The fraction of sp³-hybridized carbons (Fsp3) is 0.158. The number of hydrogen-bond acceptors (Lipinski definition) is 4. The second-order valence-corrected chi connectivity index (χ2v) is 8.36. The average molecular weight is 433 g/mol. The molecule has 3 nitrogen and oxygen atoms in total. The topological polar surface area (TPSA) is 42.0 Å². The van der Waals surface area contributed by atoms with Crippen LogP contribution in [0.4, 0.5) is 5.69 Å². The number of amides is 1. The number of nitrogens with zero attached hydrogens (tertiary/aromatic N) is 1. The summed E-state index contributed by atoms with van der Waals surface area (Å²) in [4.78, 5) is 17.9. The number of carbonyl (C=O) groups excluding carboxylic acids is 1. The molecule has 0 aliphatic heterocycles. The molecular formula is C19H17BrN2OS2. The molecule has 0 radical (unpaired) electrons. The Morgan fingerprint density at radius 3 is 2.72 bits per heavy atom. The Balaban J connectivity index is 1.53. The number of thiazole rings is 1. The zero-order valence-electron chi connectivity index (χ0n) is 13.7. The lowest BCUT2D eigenvalue weighted by Gasteiger charge is -2.04. The molecule has 2 aromatic carbocycles. The van der Waals surface area contributed by atoms with E-state index in [9.17, 15) is 4.79 Å². The normalized spacial score (nSPS) is 10.6. The first-order valence-corrected chi connectivity index (χ1v) is 10.4. The third kappa shape index (κ3) is 5.42. The van der Waals surface area contributed by atoms with Crippen LogP contribution in [0.25, 0.3) is 0 Å². The number of benzene rings is 2. The van der Waals surface area contributed by atoms with Crippen molar-refractivity contribution in [1.29, 1.82) is 0 Å². The van der Waals surface area contributed by atoms with Gasteiger partial charge in [0.2, 0.25) is 5.91 Å². The summed E-state index contributed by atoms with van der Waals surface area (Å²) in [5.74, 6) is 0.752. The molecule has 3 rings (SSSR count). The number of thioether (sulfide) groups is 1. The molecule has 0 saturated heterocycles.